The Morgan fingerprint density at radius 3 is 1.10 bits per heavy atom. The van der Waals surface area contributed by atoms with Crippen LogP contribution in [0.3, 0.4) is 0 Å². The average molecular weight is 293 g/mol. The zero-order valence-corrected chi connectivity index (χ0v) is 10.8. The zero-order valence-electron chi connectivity index (χ0n) is 10.1. The lowest BCUT2D eigenvalue weighted by Gasteiger charge is -2.16. The van der Waals surface area contributed by atoms with Crippen molar-refractivity contribution in [1.82, 2.24) is 0 Å². The average Bonchev–Trinajstić information content (AvgIpc) is 2.44. The summed E-state index contributed by atoms with van der Waals surface area (Å²) in [6, 6.07) is 13.9. The van der Waals surface area contributed by atoms with Gasteiger partial charge in [0, 0.05) is 26.9 Å². The van der Waals surface area contributed by atoms with Crippen LogP contribution in [0.25, 0.3) is 0 Å². The Bertz CT molecular complexity index is 558. The number of hydrogen-bond donors (Lipinski definition) is 1. The monoisotopic (exact) mass is 292 g/mol. The predicted octanol–water partition coefficient (Wildman–Crippen LogP) is -0.473. The Morgan fingerprint density at radius 2 is 0.900 bits per heavy atom. The van der Waals surface area contributed by atoms with Crippen molar-refractivity contribution in [3.05, 3.63) is 70.8 Å². The SMILES string of the molecule is O=C1c2ccccc2C(=O)c2ccccc21.[O-][Cl+2]([O-])O. The molecule has 0 spiro atoms. The minimum atomic E-state index is -2.60. The fourth-order valence-corrected chi connectivity index (χ4v) is 2.05. The Hall–Kier alpha value is -2.05. The standard InChI is InChI=1S/C14H8O2.ClHO3/c15-13-9-5-1-2-6-10(9)14(16)12-8-4-3-7-11(12)13;2-1(3)4/h1-8H;2H. The van der Waals surface area contributed by atoms with Crippen LogP contribution in [0.15, 0.2) is 48.5 Å². The van der Waals surface area contributed by atoms with Crippen molar-refractivity contribution in [1.29, 1.82) is 0 Å². The molecular formula is C14H9ClO5. The molecule has 0 bridgehead atoms. The molecule has 0 saturated carbocycles. The molecule has 0 fully saturated rings. The molecule has 0 aliphatic heterocycles. The van der Waals surface area contributed by atoms with E-state index in [1.807, 2.05) is 0 Å². The highest BCUT2D eigenvalue weighted by atomic mass is 35.6. The Balaban J connectivity index is 0.000000328. The molecule has 6 heteroatoms. The third kappa shape index (κ3) is 2.76. The van der Waals surface area contributed by atoms with Crippen molar-refractivity contribution in [2.45, 2.75) is 0 Å². The van der Waals surface area contributed by atoms with E-state index in [2.05, 4.69) is 0 Å². The molecule has 2 aromatic carbocycles. The highest BCUT2D eigenvalue weighted by molar-refractivity contribution is 6.28. The van der Waals surface area contributed by atoms with Crippen LogP contribution in [-0.2, 0) is 0 Å². The van der Waals surface area contributed by atoms with Crippen LogP contribution in [0.2, 0.25) is 0 Å². The molecule has 1 aliphatic rings. The Kier molecular flexibility index (Phi) is 4.26. The van der Waals surface area contributed by atoms with Gasteiger partial charge in [-0.05, 0) is 0 Å². The molecule has 102 valence electrons. The van der Waals surface area contributed by atoms with E-state index < -0.39 is 10.8 Å². The molecule has 0 amide bonds. The van der Waals surface area contributed by atoms with Crippen LogP contribution in [0.1, 0.15) is 31.8 Å². The van der Waals surface area contributed by atoms with Crippen molar-refractivity contribution in [2.24, 2.45) is 0 Å². The molecule has 20 heavy (non-hydrogen) atoms. The molecule has 0 atom stereocenters. The summed E-state index contributed by atoms with van der Waals surface area (Å²) in [6.07, 6.45) is 0. The van der Waals surface area contributed by atoms with Gasteiger partial charge in [-0.15, -0.1) is 0 Å². The minimum absolute atomic E-state index is 0.0641. The first-order valence-electron chi connectivity index (χ1n) is 5.54. The minimum Gasteiger partial charge on any atom is -0.321 e. The molecule has 0 unspecified atom stereocenters. The first-order chi connectivity index (χ1) is 9.52. The van der Waals surface area contributed by atoms with E-state index >= 15 is 0 Å². The second-order valence-electron chi connectivity index (χ2n) is 3.95. The van der Waals surface area contributed by atoms with Gasteiger partial charge in [-0.25, -0.2) is 0 Å². The molecule has 0 aromatic heterocycles. The number of fused-ring (bicyclic) bond motifs is 2. The van der Waals surface area contributed by atoms with Crippen LogP contribution in [0.5, 0.6) is 0 Å². The molecule has 0 saturated heterocycles. The topological polar surface area (TPSA) is 100 Å². The first kappa shape index (κ1) is 14.4. The van der Waals surface area contributed by atoms with Crippen LogP contribution in [0.4, 0.5) is 0 Å². The van der Waals surface area contributed by atoms with Gasteiger partial charge in [0.1, 0.15) is 0 Å². The predicted molar refractivity (Wildman–Crippen MR) is 62.0 cm³/mol. The lowest BCUT2D eigenvalue weighted by molar-refractivity contribution is -1.63. The quantitative estimate of drug-likeness (QED) is 0.603. The number of rotatable bonds is 0. The van der Waals surface area contributed by atoms with Crippen LogP contribution >= 0.6 is 0 Å². The molecule has 3 rings (SSSR count). The van der Waals surface area contributed by atoms with E-state index in [0.717, 1.165) is 0 Å². The van der Waals surface area contributed by atoms with Gasteiger partial charge in [-0.1, -0.05) is 48.5 Å². The molecule has 0 radical (unpaired) electrons. The summed E-state index contributed by atoms with van der Waals surface area (Å²) < 4.78 is 24.0. The second-order valence-corrected chi connectivity index (χ2v) is 4.35. The van der Waals surface area contributed by atoms with E-state index in [-0.39, 0.29) is 11.6 Å². The van der Waals surface area contributed by atoms with Crippen LogP contribution in [-0.4, -0.2) is 16.2 Å². The summed E-state index contributed by atoms with van der Waals surface area (Å²) in [4.78, 5) is 24.2. The highest BCUT2D eigenvalue weighted by Crippen LogP contribution is 2.26. The normalized spacial score (nSPS) is 12.4. The molecular weight excluding hydrogens is 284 g/mol. The molecule has 5 nitrogen and oxygen atoms in total. The maximum absolute atomic E-state index is 12.1. The smallest absolute Gasteiger partial charge is 0.282 e. The van der Waals surface area contributed by atoms with E-state index in [1.165, 1.54) is 0 Å². The number of halogens is 1. The van der Waals surface area contributed by atoms with Gasteiger partial charge in [0.15, 0.2) is 11.6 Å². The van der Waals surface area contributed by atoms with Gasteiger partial charge in [-0.3, -0.25) is 9.59 Å². The van der Waals surface area contributed by atoms with Gasteiger partial charge in [0.2, 0.25) is 0 Å². The third-order valence-corrected chi connectivity index (χ3v) is 2.83. The number of carbonyl (C=O) groups excluding carboxylic acids is 2. The maximum Gasteiger partial charge on any atom is 0.282 e. The number of benzene rings is 2. The molecule has 2 aromatic rings. The summed E-state index contributed by atoms with van der Waals surface area (Å²) in [5.74, 6) is -0.128. The summed E-state index contributed by atoms with van der Waals surface area (Å²) in [5, 5.41) is 0. The Labute approximate surface area is 117 Å². The van der Waals surface area contributed by atoms with Crippen molar-refractivity contribution in [3.8, 4) is 0 Å². The van der Waals surface area contributed by atoms with Gasteiger partial charge >= 0.3 is 0 Å². The van der Waals surface area contributed by atoms with E-state index in [9.17, 15) is 9.59 Å². The largest absolute Gasteiger partial charge is 0.321 e. The third-order valence-electron chi connectivity index (χ3n) is 2.83. The van der Waals surface area contributed by atoms with Gasteiger partial charge < -0.3 is 9.32 Å². The second kappa shape index (κ2) is 5.94. The number of hydrogen-bond acceptors (Lipinski definition) is 5. The summed E-state index contributed by atoms with van der Waals surface area (Å²) in [7, 11) is -2.60. The van der Waals surface area contributed by atoms with Crippen molar-refractivity contribution >= 4 is 11.6 Å². The van der Waals surface area contributed by atoms with Gasteiger partial charge in [0.25, 0.3) is 10.8 Å². The summed E-state index contributed by atoms with van der Waals surface area (Å²) in [6.45, 7) is 0. The fraction of sp³-hybridized carbons (Fsp3) is 0. The number of ketones is 2. The lowest BCUT2D eigenvalue weighted by atomic mass is 9.84. The van der Waals surface area contributed by atoms with E-state index in [4.69, 9.17) is 14.0 Å². The Morgan fingerprint density at radius 1 is 0.700 bits per heavy atom. The van der Waals surface area contributed by atoms with E-state index in [1.54, 1.807) is 48.5 Å². The maximum atomic E-state index is 12.1. The summed E-state index contributed by atoms with van der Waals surface area (Å²) in [5.41, 5.74) is 2.02. The van der Waals surface area contributed by atoms with Gasteiger partial charge in [0.05, 0.1) is 0 Å². The zero-order chi connectivity index (χ0) is 14.7. The van der Waals surface area contributed by atoms with Crippen molar-refractivity contribution in [2.75, 3.05) is 0 Å². The van der Waals surface area contributed by atoms with Crippen LogP contribution in [0, 0.1) is 10.8 Å². The molecule has 1 aliphatic carbocycles. The van der Waals surface area contributed by atoms with E-state index in [0.29, 0.717) is 22.3 Å². The fourth-order valence-electron chi connectivity index (χ4n) is 2.05. The summed E-state index contributed by atoms with van der Waals surface area (Å²) >= 11 is 0. The molecule has 0 heterocycles. The van der Waals surface area contributed by atoms with Crippen molar-refractivity contribution in [3.63, 3.8) is 0 Å². The molecule has 1 N–H and O–H groups in total. The first-order valence-corrected chi connectivity index (χ1v) is 6.50. The van der Waals surface area contributed by atoms with Crippen LogP contribution < -0.4 is 9.32 Å². The van der Waals surface area contributed by atoms with Crippen molar-refractivity contribution < 1.29 is 34.4 Å². The number of carbonyl (C=O) groups is 2. The highest BCUT2D eigenvalue weighted by Gasteiger charge is 2.28. The van der Waals surface area contributed by atoms with Gasteiger partial charge in [-0.2, -0.15) is 0 Å². The lowest BCUT2D eigenvalue weighted by Crippen LogP contribution is -2.30.